The Balaban J connectivity index is 1.74. The van der Waals surface area contributed by atoms with Crippen LogP contribution in [0.2, 0.25) is 0 Å². The van der Waals surface area contributed by atoms with Gasteiger partial charge >= 0.3 is 0 Å². The summed E-state index contributed by atoms with van der Waals surface area (Å²) in [6, 6.07) is 10.3. The number of aryl methyl sites for hydroxylation is 1. The van der Waals surface area contributed by atoms with E-state index in [-0.39, 0.29) is 0 Å². The molecular formula is C19H24N6O. The van der Waals surface area contributed by atoms with Gasteiger partial charge in [-0.2, -0.15) is 0 Å². The summed E-state index contributed by atoms with van der Waals surface area (Å²) in [6.07, 6.45) is 3.07. The summed E-state index contributed by atoms with van der Waals surface area (Å²) in [5.41, 5.74) is 2.78. The molecule has 1 fully saturated rings. The van der Waals surface area contributed by atoms with Gasteiger partial charge < -0.3 is 9.64 Å². The van der Waals surface area contributed by atoms with Crippen LogP contribution in [-0.4, -0.2) is 51.3 Å². The van der Waals surface area contributed by atoms with Crippen molar-refractivity contribution in [3.05, 3.63) is 41.7 Å². The molecular weight excluding hydrogens is 328 g/mol. The summed E-state index contributed by atoms with van der Waals surface area (Å²) in [5.74, 6) is 1.76. The van der Waals surface area contributed by atoms with Crippen LogP contribution in [-0.2, 0) is 17.7 Å². The lowest BCUT2D eigenvalue weighted by atomic mass is 10.2. The van der Waals surface area contributed by atoms with Crippen LogP contribution in [0, 0.1) is 0 Å². The molecule has 2 aromatic heterocycles. The summed E-state index contributed by atoms with van der Waals surface area (Å²) in [4.78, 5) is 11.9. The molecule has 3 heterocycles. The van der Waals surface area contributed by atoms with Crippen molar-refractivity contribution in [2.45, 2.75) is 32.7 Å². The van der Waals surface area contributed by atoms with Gasteiger partial charge in [-0.15, -0.1) is 5.10 Å². The van der Waals surface area contributed by atoms with Gasteiger partial charge in [0.1, 0.15) is 5.82 Å². The summed E-state index contributed by atoms with van der Waals surface area (Å²) < 4.78 is 7.37. The highest BCUT2D eigenvalue weighted by atomic mass is 16.5. The first-order chi connectivity index (χ1) is 12.8. The van der Waals surface area contributed by atoms with Gasteiger partial charge in [-0.1, -0.05) is 48.9 Å². The summed E-state index contributed by atoms with van der Waals surface area (Å²) in [6.45, 7) is 5.92. The van der Waals surface area contributed by atoms with E-state index in [2.05, 4.69) is 34.3 Å². The number of anilines is 1. The molecule has 1 aliphatic rings. The molecule has 0 amide bonds. The zero-order valence-corrected chi connectivity index (χ0v) is 15.1. The van der Waals surface area contributed by atoms with Crippen molar-refractivity contribution in [1.29, 1.82) is 0 Å². The number of ether oxygens (including phenoxy) is 1. The van der Waals surface area contributed by atoms with E-state index in [1.165, 1.54) is 5.56 Å². The van der Waals surface area contributed by atoms with Gasteiger partial charge in [0.2, 0.25) is 0 Å². The van der Waals surface area contributed by atoms with Gasteiger partial charge in [-0.3, -0.25) is 0 Å². The third-order valence-electron chi connectivity index (χ3n) is 4.63. The average molecular weight is 352 g/mol. The van der Waals surface area contributed by atoms with E-state index in [1.54, 1.807) is 0 Å². The van der Waals surface area contributed by atoms with Crippen molar-refractivity contribution in [3.8, 4) is 0 Å². The zero-order valence-electron chi connectivity index (χ0n) is 15.1. The first-order valence-electron chi connectivity index (χ1n) is 9.32. The van der Waals surface area contributed by atoms with Gasteiger partial charge in [0.15, 0.2) is 17.0 Å². The Labute approximate surface area is 153 Å². The molecule has 7 heteroatoms. The van der Waals surface area contributed by atoms with Crippen molar-refractivity contribution < 1.29 is 4.74 Å². The molecule has 3 aromatic rings. The Morgan fingerprint density at radius 2 is 1.88 bits per heavy atom. The molecule has 1 aromatic carbocycles. The maximum atomic E-state index is 5.49. The van der Waals surface area contributed by atoms with E-state index in [0.29, 0.717) is 19.8 Å². The van der Waals surface area contributed by atoms with Gasteiger partial charge in [0.05, 0.1) is 19.8 Å². The monoisotopic (exact) mass is 352 g/mol. The Kier molecular flexibility index (Phi) is 5.06. The zero-order chi connectivity index (χ0) is 17.8. The molecule has 0 saturated carbocycles. The van der Waals surface area contributed by atoms with E-state index in [4.69, 9.17) is 14.7 Å². The molecule has 0 unspecified atom stereocenters. The Morgan fingerprint density at radius 1 is 1.08 bits per heavy atom. The number of hydrogen-bond acceptors (Lipinski definition) is 6. The fourth-order valence-corrected chi connectivity index (χ4v) is 3.19. The van der Waals surface area contributed by atoms with Crippen molar-refractivity contribution in [2.24, 2.45) is 0 Å². The van der Waals surface area contributed by atoms with E-state index in [9.17, 15) is 0 Å². The summed E-state index contributed by atoms with van der Waals surface area (Å²) in [7, 11) is 0. The van der Waals surface area contributed by atoms with Crippen molar-refractivity contribution >= 4 is 17.0 Å². The Hall–Kier alpha value is -2.54. The molecule has 7 nitrogen and oxygen atoms in total. The number of nitrogens with zero attached hydrogens (tertiary/aromatic N) is 6. The largest absolute Gasteiger partial charge is 0.378 e. The molecule has 4 rings (SSSR count). The van der Waals surface area contributed by atoms with Gasteiger partial charge in [-0.05, 0) is 12.0 Å². The lowest BCUT2D eigenvalue weighted by Crippen LogP contribution is -2.37. The highest BCUT2D eigenvalue weighted by Gasteiger charge is 2.21. The van der Waals surface area contributed by atoms with Crippen molar-refractivity contribution in [3.63, 3.8) is 0 Å². The van der Waals surface area contributed by atoms with Crippen LogP contribution in [0.3, 0.4) is 0 Å². The van der Waals surface area contributed by atoms with Crippen LogP contribution >= 0.6 is 0 Å². The minimum atomic E-state index is 0.657. The molecule has 0 N–H and O–H groups in total. The van der Waals surface area contributed by atoms with Gasteiger partial charge in [0.25, 0.3) is 0 Å². The van der Waals surface area contributed by atoms with E-state index in [1.807, 2.05) is 22.9 Å². The van der Waals surface area contributed by atoms with Crippen LogP contribution in [0.5, 0.6) is 0 Å². The van der Waals surface area contributed by atoms with Crippen LogP contribution < -0.4 is 4.90 Å². The van der Waals surface area contributed by atoms with Crippen LogP contribution in [0.1, 0.15) is 31.2 Å². The number of unbranched alkanes of at least 4 members (excludes halogenated alkanes) is 1. The number of morpholine rings is 1. The second kappa shape index (κ2) is 7.78. The van der Waals surface area contributed by atoms with E-state index < -0.39 is 0 Å². The molecule has 26 heavy (non-hydrogen) atoms. The molecule has 0 atom stereocenters. The predicted molar refractivity (Wildman–Crippen MR) is 100 cm³/mol. The lowest BCUT2D eigenvalue weighted by Gasteiger charge is -2.27. The molecule has 1 saturated heterocycles. The number of aromatic nitrogens is 5. The summed E-state index contributed by atoms with van der Waals surface area (Å²) >= 11 is 0. The number of fused-ring (bicyclic) bond motifs is 1. The fraction of sp³-hybridized carbons (Fsp3) is 0.474. The highest BCUT2D eigenvalue weighted by molar-refractivity contribution is 5.83. The number of rotatable bonds is 6. The topological polar surface area (TPSA) is 69.0 Å². The van der Waals surface area contributed by atoms with Crippen molar-refractivity contribution in [2.75, 3.05) is 31.2 Å². The predicted octanol–water partition coefficient (Wildman–Crippen LogP) is 2.45. The molecule has 0 radical (unpaired) electrons. The quantitative estimate of drug-likeness (QED) is 0.679. The van der Waals surface area contributed by atoms with E-state index in [0.717, 1.165) is 55.2 Å². The highest BCUT2D eigenvalue weighted by Crippen LogP contribution is 2.23. The third kappa shape index (κ3) is 3.53. The lowest BCUT2D eigenvalue weighted by molar-refractivity contribution is 0.122. The summed E-state index contributed by atoms with van der Waals surface area (Å²) in [5, 5.41) is 8.79. The normalized spacial score (nSPS) is 14.9. The maximum Gasteiger partial charge on any atom is 0.184 e. The van der Waals surface area contributed by atoms with Crippen LogP contribution in [0.15, 0.2) is 30.3 Å². The maximum absolute atomic E-state index is 5.49. The third-order valence-corrected chi connectivity index (χ3v) is 4.63. The number of benzene rings is 1. The van der Waals surface area contributed by atoms with Crippen LogP contribution in [0.4, 0.5) is 5.82 Å². The molecule has 0 aliphatic carbocycles. The minimum absolute atomic E-state index is 0.657. The second-order valence-electron chi connectivity index (χ2n) is 6.57. The SMILES string of the molecule is CCCCc1nc(N2CCOCC2)c2nnn(Cc3ccccc3)c2n1. The second-order valence-corrected chi connectivity index (χ2v) is 6.57. The molecule has 0 spiro atoms. The molecule has 1 aliphatic heterocycles. The van der Waals surface area contributed by atoms with Crippen LogP contribution in [0.25, 0.3) is 11.2 Å². The Morgan fingerprint density at radius 3 is 2.65 bits per heavy atom. The van der Waals surface area contributed by atoms with Crippen molar-refractivity contribution in [1.82, 2.24) is 25.0 Å². The van der Waals surface area contributed by atoms with E-state index >= 15 is 0 Å². The number of hydrogen-bond donors (Lipinski definition) is 0. The first-order valence-corrected chi connectivity index (χ1v) is 9.32. The first kappa shape index (κ1) is 16.9. The van der Waals surface area contributed by atoms with Gasteiger partial charge in [0, 0.05) is 19.5 Å². The smallest absolute Gasteiger partial charge is 0.184 e. The average Bonchev–Trinajstić information content (AvgIpc) is 3.10. The molecule has 0 bridgehead atoms. The standard InChI is InChI=1S/C19H24N6O/c1-2-3-9-16-20-18(24-10-12-26-13-11-24)17-19(21-16)25(23-22-17)14-15-7-5-4-6-8-15/h4-8H,2-3,9-14H2,1H3. The van der Waals surface area contributed by atoms with Gasteiger partial charge in [-0.25, -0.2) is 14.6 Å². The molecule has 136 valence electrons. The minimum Gasteiger partial charge on any atom is -0.378 e. The Bertz CT molecular complexity index is 857. The fourth-order valence-electron chi connectivity index (χ4n) is 3.19.